The third-order valence-electron chi connectivity index (χ3n) is 2.83. The number of ketones is 1. The van der Waals surface area contributed by atoms with Crippen molar-refractivity contribution in [1.82, 2.24) is 4.57 Å². The fourth-order valence-corrected chi connectivity index (χ4v) is 1.74. The number of hydrogen-bond donors (Lipinski definition) is 0. The summed E-state index contributed by atoms with van der Waals surface area (Å²) in [5.74, 6) is 0.0615. The van der Waals surface area contributed by atoms with Crippen LogP contribution in [-0.2, 0) is 6.54 Å². The number of pyridine rings is 1. The number of carbonyl (C=O) groups is 1. The van der Waals surface area contributed by atoms with Crippen LogP contribution in [-0.4, -0.2) is 10.4 Å². The van der Waals surface area contributed by atoms with Gasteiger partial charge in [-0.2, -0.15) is 0 Å². The van der Waals surface area contributed by atoms with Gasteiger partial charge < -0.3 is 4.57 Å². The normalized spacial score (nSPS) is 10.8. The lowest BCUT2D eigenvalue weighted by atomic mass is 10.1. The monoisotopic (exact) mass is 253 g/mol. The highest BCUT2D eigenvalue weighted by Gasteiger charge is 1.96. The first-order chi connectivity index (χ1) is 9.16. The van der Waals surface area contributed by atoms with Gasteiger partial charge in [0.1, 0.15) is 0 Å². The number of rotatable bonds is 4. The van der Waals surface area contributed by atoms with Crippen molar-refractivity contribution >= 4 is 11.9 Å². The van der Waals surface area contributed by atoms with E-state index in [-0.39, 0.29) is 11.3 Å². The zero-order valence-corrected chi connectivity index (χ0v) is 10.7. The Hall–Kier alpha value is -2.42. The Kier molecular flexibility index (Phi) is 4.08. The van der Waals surface area contributed by atoms with E-state index in [0.29, 0.717) is 12.1 Å². The quantitative estimate of drug-likeness (QED) is 0.786. The number of allylic oxidation sites excluding steroid dienone is 1. The third kappa shape index (κ3) is 3.52. The molecule has 1 heterocycles. The minimum Gasteiger partial charge on any atom is -0.312 e. The average molecular weight is 253 g/mol. The SMILES string of the molecule is CC(=O)c1ccc(/C=C/Cn2ccccc2=O)cc1. The Morgan fingerprint density at radius 1 is 1.16 bits per heavy atom. The van der Waals surface area contributed by atoms with Crippen molar-refractivity contribution < 1.29 is 4.79 Å². The van der Waals surface area contributed by atoms with Crippen LogP contribution in [0.3, 0.4) is 0 Å². The van der Waals surface area contributed by atoms with Gasteiger partial charge in [0.25, 0.3) is 5.56 Å². The van der Waals surface area contributed by atoms with Crippen molar-refractivity contribution in [3.05, 3.63) is 76.2 Å². The zero-order valence-electron chi connectivity index (χ0n) is 10.7. The molecule has 3 heteroatoms. The first kappa shape index (κ1) is 13.0. The maximum atomic E-state index is 11.5. The van der Waals surface area contributed by atoms with Crippen LogP contribution < -0.4 is 5.56 Å². The largest absolute Gasteiger partial charge is 0.312 e. The standard InChI is InChI=1S/C16H15NO2/c1-13(18)15-9-7-14(8-10-15)5-4-12-17-11-3-2-6-16(17)19/h2-11H,12H2,1H3/b5-4+. The summed E-state index contributed by atoms with van der Waals surface area (Å²) in [5.41, 5.74) is 1.70. The van der Waals surface area contributed by atoms with Gasteiger partial charge in [0.15, 0.2) is 5.78 Å². The van der Waals surface area contributed by atoms with Crippen LogP contribution in [0.25, 0.3) is 6.08 Å². The second-order valence-electron chi connectivity index (χ2n) is 4.27. The first-order valence-electron chi connectivity index (χ1n) is 6.10. The topological polar surface area (TPSA) is 39.1 Å². The van der Waals surface area contributed by atoms with E-state index in [1.165, 1.54) is 6.07 Å². The summed E-state index contributed by atoms with van der Waals surface area (Å²) in [7, 11) is 0. The zero-order chi connectivity index (χ0) is 13.7. The Morgan fingerprint density at radius 3 is 2.53 bits per heavy atom. The molecule has 1 aromatic heterocycles. The molecule has 0 fully saturated rings. The molecular formula is C16H15NO2. The van der Waals surface area contributed by atoms with Crippen LogP contribution in [0.5, 0.6) is 0 Å². The van der Waals surface area contributed by atoms with Crippen LogP contribution in [0.15, 0.2) is 59.5 Å². The highest BCUT2D eigenvalue weighted by Crippen LogP contribution is 2.06. The molecule has 0 aliphatic rings. The molecule has 3 nitrogen and oxygen atoms in total. The molecule has 0 amide bonds. The van der Waals surface area contributed by atoms with Crippen LogP contribution in [0.4, 0.5) is 0 Å². The van der Waals surface area contributed by atoms with Crippen molar-refractivity contribution in [3.8, 4) is 0 Å². The minimum absolute atomic E-state index is 0.0147. The van der Waals surface area contributed by atoms with Gasteiger partial charge in [-0.1, -0.05) is 42.5 Å². The smallest absolute Gasteiger partial charge is 0.250 e. The van der Waals surface area contributed by atoms with E-state index < -0.39 is 0 Å². The number of Topliss-reactive ketones (excluding diaryl/α,β-unsaturated/α-hetero) is 1. The van der Waals surface area contributed by atoms with Gasteiger partial charge in [0.05, 0.1) is 0 Å². The van der Waals surface area contributed by atoms with Crippen LogP contribution in [0.1, 0.15) is 22.8 Å². The van der Waals surface area contributed by atoms with Gasteiger partial charge in [-0.05, 0) is 18.6 Å². The lowest BCUT2D eigenvalue weighted by molar-refractivity contribution is 0.101. The molecule has 0 spiro atoms. The first-order valence-corrected chi connectivity index (χ1v) is 6.10. The lowest BCUT2D eigenvalue weighted by Crippen LogP contribution is -2.16. The molecule has 2 aromatic rings. The van der Waals surface area contributed by atoms with Crippen molar-refractivity contribution in [3.63, 3.8) is 0 Å². The maximum Gasteiger partial charge on any atom is 0.250 e. The number of benzene rings is 1. The van der Waals surface area contributed by atoms with E-state index in [2.05, 4.69) is 0 Å². The molecule has 0 saturated carbocycles. The van der Waals surface area contributed by atoms with Gasteiger partial charge in [-0.15, -0.1) is 0 Å². The molecule has 0 saturated heterocycles. The van der Waals surface area contributed by atoms with E-state index in [1.807, 2.05) is 30.4 Å². The fraction of sp³-hybridized carbons (Fsp3) is 0.125. The fourth-order valence-electron chi connectivity index (χ4n) is 1.74. The van der Waals surface area contributed by atoms with Gasteiger partial charge in [-0.25, -0.2) is 0 Å². The summed E-state index contributed by atoms with van der Waals surface area (Å²) in [6, 6.07) is 12.5. The highest BCUT2D eigenvalue weighted by atomic mass is 16.1. The molecule has 0 N–H and O–H groups in total. The molecule has 0 radical (unpaired) electrons. The number of aromatic nitrogens is 1. The average Bonchev–Trinajstić information content (AvgIpc) is 2.41. The molecule has 96 valence electrons. The summed E-state index contributed by atoms with van der Waals surface area (Å²) in [6.45, 7) is 2.08. The second-order valence-corrected chi connectivity index (χ2v) is 4.27. The number of hydrogen-bond acceptors (Lipinski definition) is 2. The molecule has 0 bridgehead atoms. The van der Waals surface area contributed by atoms with E-state index >= 15 is 0 Å². The third-order valence-corrected chi connectivity index (χ3v) is 2.83. The molecule has 0 unspecified atom stereocenters. The predicted molar refractivity (Wildman–Crippen MR) is 76.2 cm³/mol. The van der Waals surface area contributed by atoms with Crippen LogP contribution >= 0.6 is 0 Å². The van der Waals surface area contributed by atoms with Gasteiger partial charge in [-0.3, -0.25) is 9.59 Å². The van der Waals surface area contributed by atoms with E-state index in [9.17, 15) is 9.59 Å². The van der Waals surface area contributed by atoms with E-state index in [4.69, 9.17) is 0 Å². The van der Waals surface area contributed by atoms with E-state index in [1.54, 1.807) is 35.9 Å². The maximum absolute atomic E-state index is 11.5. The highest BCUT2D eigenvalue weighted by molar-refractivity contribution is 5.94. The van der Waals surface area contributed by atoms with Gasteiger partial charge >= 0.3 is 0 Å². The van der Waals surface area contributed by atoms with Crippen molar-refractivity contribution in [2.24, 2.45) is 0 Å². The minimum atomic E-state index is -0.0147. The Balaban J connectivity index is 2.05. The summed E-state index contributed by atoms with van der Waals surface area (Å²) in [5, 5.41) is 0. The lowest BCUT2D eigenvalue weighted by Gasteiger charge is -2.00. The van der Waals surface area contributed by atoms with Crippen LogP contribution in [0, 0.1) is 0 Å². The van der Waals surface area contributed by atoms with Gasteiger partial charge in [0, 0.05) is 24.4 Å². The number of carbonyl (C=O) groups excluding carboxylic acids is 1. The molecule has 0 atom stereocenters. The van der Waals surface area contributed by atoms with Crippen LogP contribution in [0.2, 0.25) is 0 Å². The summed E-state index contributed by atoms with van der Waals surface area (Å²) in [4.78, 5) is 22.6. The van der Waals surface area contributed by atoms with Crippen molar-refractivity contribution in [2.45, 2.75) is 13.5 Å². The molecule has 1 aromatic carbocycles. The predicted octanol–water partition coefficient (Wildman–Crippen LogP) is 2.76. The second kappa shape index (κ2) is 5.96. The molecular weight excluding hydrogens is 238 g/mol. The molecule has 0 aliphatic heterocycles. The van der Waals surface area contributed by atoms with Crippen molar-refractivity contribution in [1.29, 1.82) is 0 Å². The van der Waals surface area contributed by atoms with E-state index in [0.717, 1.165) is 5.56 Å². The Labute approximate surface area is 111 Å². The summed E-state index contributed by atoms with van der Waals surface area (Å²) < 4.78 is 1.63. The summed E-state index contributed by atoms with van der Waals surface area (Å²) >= 11 is 0. The molecule has 19 heavy (non-hydrogen) atoms. The Morgan fingerprint density at radius 2 is 1.89 bits per heavy atom. The van der Waals surface area contributed by atoms with Crippen molar-refractivity contribution in [2.75, 3.05) is 0 Å². The molecule has 0 aliphatic carbocycles. The Bertz CT molecular complexity index is 651. The summed E-state index contributed by atoms with van der Waals surface area (Å²) in [6.07, 6.45) is 5.61. The number of nitrogens with zero attached hydrogens (tertiary/aromatic N) is 1. The van der Waals surface area contributed by atoms with Gasteiger partial charge in [0.2, 0.25) is 0 Å². The molecule has 2 rings (SSSR count).